The minimum atomic E-state index is -0.481. The summed E-state index contributed by atoms with van der Waals surface area (Å²) in [5.74, 6) is 0.693. The third-order valence-electron chi connectivity index (χ3n) is 3.83. The van der Waals surface area contributed by atoms with Gasteiger partial charge in [-0.2, -0.15) is 5.10 Å². The first kappa shape index (κ1) is 13.3. The Kier molecular flexibility index (Phi) is 2.80. The molecule has 1 N–H and O–H groups in total. The molecule has 0 saturated carbocycles. The Morgan fingerprint density at radius 1 is 1.38 bits per heavy atom. The Balaban J connectivity index is 2.28. The van der Waals surface area contributed by atoms with E-state index < -0.39 is 5.41 Å². The average Bonchev–Trinajstić information content (AvgIpc) is 2.76. The largest absolute Gasteiger partial charge is 0.501 e. The second kappa shape index (κ2) is 4.42. The van der Waals surface area contributed by atoms with Crippen LogP contribution in [0.1, 0.15) is 30.8 Å². The molecule has 6 nitrogen and oxygen atoms in total. The summed E-state index contributed by atoms with van der Waals surface area (Å²) in [6.07, 6.45) is 2.31. The maximum atomic E-state index is 10.4. The highest BCUT2D eigenvalue weighted by atomic mass is 16.3. The first-order chi connectivity index (χ1) is 9.95. The number of aliphatic hydroxyl groups is 1. The molecule has 0 spiro atoms. The number of aromatic nitrogens is 3. The van der Waals surface area contributed by atoms with E-state index in [9.17, 15) is 10.5 Å². The van der Waals surface area contributed by atoms with Gasteiger partial charge in [0.15, 0.2) is 10.8 Å². The number of hydrogen-bond acceptors (Lipinski definition) is 4. The zero-order valence-electron chi connectivity index (χ0n) is 12.2. The second-order valence-electron chi connectivity index (χ2n) is 5.86. The van der Waals surface area contributed by atoms with Crippen LogP contribution in [-0.4, -0.2) is 19.9 Å². The summed E-state index contributed by atoms with van der Waals surface area (Å²) in [6.45, 7) is 5.67. The quantitative estimate of drug-likeness (QED) is 0.814. The van der Waals surface area contributed by atoms with Gasteiger partial charge in [-0.1, -0.05) is 6.07 Å². The van der Waals surface area contributed by atoms with Crippen LogP contribution in [0.3, 0.4) is 0 Å². The van der Waals surface area contributed by atoms with E-state index in [1.165, 1.54) is 0 Å². The topological polar surface area (TPSA) is 79.1 Å². The van der Waals surface area contributed by atoms with Gasteiger partial charge >= 0.3 is 5.70 Å². The number of fused-ring (bicyclic) bond motifs is 1. The van der Waals surface area contributed by atoms with Gasteiger partial charge in [0.2, 0.25) is 11.2 Å². The van der Waals surface area contributed by atoms with Crippen molar-refractivity contribution in [1.29, 1.82) is 5.39 Å². The highest BCUT2D eigenvalue weighted by Gasteiger charge is 2.46. The summed E-state index contributed by atoms with van der Waals surface area (Å²) in [6, 6.07) is 5.60. The first-order valence-corrected chi connectivity index (χ1v) is 6.75. The molecule has 1 aliphatic carbocycles. The molecule has 1 aliphatic rings. The fourth-order valence-electron chi connectivity index (χ4n) is 2.84. The van der Waals surface area contributed by atoms with E-state index in [1.54, 1.807) is 10.9 Å². The summed E-state index contributed by atoms with van der Waals surface area (Å²) in [5, 5.41) is 24.1. The van der Waals surface area contributed by atoms with Crippen molar-refractivity contribution in [1.82, 2.24) is 14.8 Å². The number of aliphatic hydroxyl groups excluding tert-OH is 1. The van der Waals surface area contributed by atoms with Gasteiger partial charge in [0.1, 0.15) is 0 Å². The molecule has 0 radical (unpaired) electrons. The molecule has 0 unspecified atom stereocenters. The zero-order valence-corrected chi connectivity index (χ0v) is 12.2. The molecule has 2 heterocycles. The van der Waals surface area contributed by atoms with Gasteiger partial charge in [-0.25, -0.2) is 9.67 Å². The number of rotatable bonds is 1. The Labute approximate surface area is 122 Å². The van der Waals surface area contributed by atoms with E-state index >= 15 is 0 Å². The molecule has 2 aromatic rings. The molecule has 0 atom stereocenters. The maximum absolute atomic E-state index is 10.4. The van der Waals surface area contributed by atoms with Gasteiger partial charge < -0.3 is 5.11 Å². The van der Waals surface area contributed by atoms with Crippen LogP contribution >= 0.6 is 0 Å². The van der Waals surface area contributed by atoms with Crippen molar-refractivity contribution in [3.05, 3.63) is 52.0 Å². The summed E-state index contributed by atoms with van der Waals surface area (Å²) in [4.78, 5) is 7.59. The molecule has 0 amide bonds. The standard InChI is InChI=1S/C15H15N5O/c1-9-12-10(8-15(2,3)14(18-16)13(12)21)20(19-9)11-6-4-5-7-17-11/h4-7H,8H2,1-3H3/p+1. The zero-order chi connectivity index (χ0) is 15.2. The summed E-state index contributed by atoms with van der Waals surface area (Å²) >= 11 is 0. The number of diazo groups is 1. The predicted molar refractivity (Wildman–Crippen MR) is 78.2 cm³/mol. The van der Waals surface area contributed by atoms with Crippen LogP contribution in [0.25, 0.3) is 16.6 Å². The fraction of sp³-hybridized carbons (Fsp3) is 0.333. The lowest BCUT2D eigenvalue weighted by molar-refractivity contribution is 0.402. The molecule has 0 aromatic carbocycles. The predicted octanol–water partition coefficient (Wildman–Crippen LogP) is 3.24. The van der Waals surface area contributed by atoms with E-state index in [2.05, 4.69) is 15.1 Å². The van der Waals surface area contributed by atoms with Crippen molar-refractivity contribution in [3.8, 4) is 5.82 Å². The third-order valence-corrected chi connectivity index (χ3v) is 3.83. The van der Waals surface area contributed by atoms with Crippen LogP contribution in [0.5, 0.6) is 0 Å². The molecule has 6 heteroatoms. The van der Waals surface area contributed by atoms with Gasteiger partial charge in [0, 0.05) is 12.6 Å². The van der Waals surface area contributed by atoms with Gasteiger partial charge in [-0.3, -0.25) is 0 Å². The number of aryl methyl sites for hydroxylation is 1. The summed E-state index contributed by atoms with van der Waals surface area (Å²) < 4.78 is 1.75. The van der Waals surface area contributed by atoms with E-state index in [-0.39, 0.29) is 5.76 Å². The van der Waals surface area contributed by atoms with Crippen molar-refractivity contribution in [3.63, 3.8) is 0 Å². The van der Waals surface area contributed by atoms with Crippen molar-refractivity contribution in [2.75, 3.05) is 0 Å². The summed E-state index contributed by atoms with van der Waals surface area (Å²) in [5.41, 5.74) is 2.00. The van der Waals surface area contributed by atoms with Gasteiger partial charge in [0.05, 0.1) is 22.4 Å². The smallest absolute Gasteiger partial charge is 0.409 e. The van der Waals surface area contributed by atoms with Gasteiger partial charge in [0.25, 0.3) is 0 Å². The van der Waals surface area contributed by atoms with E-state index in [0.717, 1.165) is 5.69 Å². The minimum Gasteiger partial charge on any atom is -0.501 e. The molecule has 0 bridgehead atoms. The molecular weight excluding hydrogens is 266 g/mol. The molecular formula is C15H16N5O+. The van der Waals surface area contributed by atoms with Crippen LogP contribution in [0.15, 0.2) is 30.1 Å². The normalized spacial score (nSPS) is 16.5. The number of allylic oxidation sites excluding steroid dienone is 1. The summed E-state index contributed by atoms with van der Waals surface area (Å²) in [7, 11) is 0. The van der Waals surface area contributed by atoms with E-state index in [1.807, 2.05) is 39.0 Å². The minimum absolute atomic E-state index is 0.0107. The molecule has 0 aliphatic heterocycles. The fourth-order valence-corrected chi connectivity index (χ4v) is 2.84. The molecule has 2 aromatic heterocycles. The number of hydrogen-bond donors (Lipinski definition) is 1. The van der Waals surface area contributed by atoms with Crippen molar-refractivity contribution in [2.24, 2.45) is 5.41 Å². The SMILES string of the molecule is Cc1nn(-c2ccccn2)c2c1C(O)=C([N+]#N)C(C)(C)C2. The van der Waals surface area contributed by atoms with Crippen LogP contribution in [0.2, 0.25) is 0 Å². The van der Waals surface area contributed by atoms with Gasteiger partial charge in [-0.05, 0) is 32.9 Å². The third kappa shape index (κ3) is 1.89. The molecule has 106 valence electrons. The molecule has 0 saturated heterocycles. The Bertz CT molecular complexity index is 780. The van der Waals surface area contributed by atoms with Crippen molar-refractivity contribution in [2.45, 2.75) is 27.2 Å². The van der Waals surface area contributed by atoms with E-state index in [0.29, 0.717) is 29.2 Å². The Morgan fingerprint density at radius 2 is 2.14 bits per heavy atom. The number of pyridine rings is 1. The lowest BCUT2D eigenvalue weighted by atomic mass is 9.78. The van der Waals surface area contributed by atoms with E-state index in [4.69, 9.17) is 0 Å². The van der Waals surface area contributed by atoms with Gasteiger partial charge in [-0.15, -0.1) is 0 Å². The average molecular weight is 282 g/mol. The first-order valence-electron chi connectivity index (χ1n) is 6.75. The highest BCUT2D eigenvalue weighted by molar-refractivity contribution is 5.71. The monoisotopic (exact) mass is 282 g/mol. The Morgan fingerprint density at radius 3 is 2.76 bits per heavy atom. The van der Waals surface area contributed by atoms with Crippen LogP contribution in [0.4, 0.5) is 0 Å². The van der Waals surface area contributed by atoms with Crippen LogP contribution < -0.4 is 0 Å². The van der Waals surface area contributed by atoms with Crippen molar-refractivity contribution < 1.29 is 5.11 Å². The molecule has 3 rings (SSSR count). The maximum Gasteiger partial charge on any atom is 0.409 e. The second-order valence-corrected chi connectivity index (χ2v) is 5.86. The highest BCUT2D eigenvalue weighted by Crippen LogP contribution is 2.43. The molecule has 21 heavy (non-hydrogen) atoms. The molecule has 0 fully saturated rings. The van der Waals surface area contributed by atoms with Crippen molar-refractivity contribution >= 4 is 5.76 Å². The Hall–Kier alpha value is -2.68. The number of nitrogens with zero attached hydrogens (tertiary/aromatic N) is 5. The van der Waals surface area contributed by atoms with Crippen LogP contribution in [-0.2, 0) is 6.42 Å². The lowest BCUT2D eigenvalue weighted by Crippen LogP contribution is -2.24. The lowest BCUT2D eigenvalue weighted by Gasteiger charge is -2.23. The van der Waals surface area contributed by atoms with Crippen LogP contribution in [0, 0.1) is 17.7 Å².